The van der Waals surface area contributed by atoms with Crippen LogP contribution in [0.25, 0.3) is 0 Å². The van der Waals surface area contributed by atoms with Gasteiger partial charge in [0.05, 0.1) is 0 Å². The molecule has 6 nitrogen and oxygen atoms in total. The van der Waals surface area contributed by atoms with Crippen LogP contribution in [0.4, 0.5) is 0 Å². The second-order valence-electron chi connectivity index (χ2n) is 4.45. The lowest BCUT2D eigenvalue weighted by Gasteiger charge is -2.07. The lowest BCUT2D eigenvalue weighted by Crippen LogP contribution is -2.35. The van der Waals surface area contributed by atoms with E-state index in [1.165, 1.54) is 5.56 Å². The second-order valence-corrected chi connectivity index (χ2v) is 6.19. The standard InChI is InChI=1S/C12H16BrN5OS/c1-8-6-9(13)7-16-10(8)4-2-3-5-15-12-11(14)17-20(19)18-12/h6-7H,2-5H2,1H3,(H2,14,17)(H,15,18). The first-order chi connectivity index (χ1) is 9.56. The van der Waals surface area contributed by atoms with Gasteiger partial charge in [0, 0.05) is 22.9 Å². The molecule has 8 heteroatoms. The number of rotatable bonds is 5. The van der Waals surface area contributed by atoms with Gasteiger partial charge in [-0.1, -0.05) is 0 Å². The van der Waals surface area contributed by atoms with Crippen molar-refractivity contribution in [3.63, 3.8) is 0 Å². The highest BCUT2D eigenvalue weighted by Gasteiger charge is 2.14. The highest BCUT2D eigenvalue weighted by Crippen LogP contribution is 2.14. The third-order valence-electron chi connectivity index (χ3n) is 2.87. The summed E-state index contributed by atoms with van der Waals surface area (Å²) >= 11 is 1.85. The van der Waals surface area contributed by atoms with Gasteiger partial charge in [-0.25, -0.2) is 4.21 Å². The van der Waals surface area contributed by atoms with Crippen molar-refractivity contribution in [3.05, 3.63) is 28.0 Å². The number of hydrogen-bond donors (Lipinski definition) is 2. The number of nitrogens with one attached hydrogen (secondary N) is 1. The van der Waals surface area contributed by atoms with Crippen molar-refractivity contribution in [2.24, 2.45) is 14.5 Å². The molecule has 0 aromatic carbocycles. The zero-order valence-corrected chi connectivity index (χ0v) is 13.5. The van der Waals surface area contributed by atoms with Crippen LogP contribution in [0.3, 0.4) is 0 Å². The zero-order valence-electron chi connectivity index (χ0n) is 11.1. The summed E-state index contributed by atoms with van der Waals surface area (Å²) in [5, 5.41) is 3.05. The summed E-state index contributed by atoms with van der Waals surface area (Å²) in [6.07, 6.45) is 4.72. The van der Waals surface area contributed by atoms with Gasteiger partial charge in [-0.05, 0) is 53.7 Å². The van der Waals surface area contributed by atoms with Gasteiger partial charge in [0.1, 0.15) is 0 Å². The molecule has 0 aliphatic carbocycles. The number of pyridine rings is 1. The molecule has 1 unspecified atom stereocenters. The summed E-state index contributed by atoms with van der Waals surface area (Å²) < 4.78 is 19.4. The van der Waals surface area contributed by atoms with Gasteiger partial charge in [0.15, 0.2) is 11.7 Å². The van der Waals surface area contributed by atoms with Gasteiger partial charge in [0.2, 0.25) is 0 Å². The Morgan fingerprint density at radius 2 is 2.20 bits per heavy atom. The fourth-order valence-electron chi connectivity index (χ4n) is 1.85. The summed E-state index contributed by atoms with van der Waals surface area (Å²) in [4.78, 5) is 4.40. The molecule has 0 fully saturated rings. The molecule has 1 aromatic heterocycles. The summed E-state index contributed by atoms with van der Waals surface area (Å²) in [5.74, 6) is 0.648. The minimum absolute atomic E-state index is 0.216. The van der Waals surface area contributed by atoms with E-state index in [0.717, 1.165) is 36.0 Å². The number of nitrogens with two attached hydrogens (primary N) is 1. The van der Waals surface area contributed by atoms with Crippen molar-refractivity contribution in [3.8, 4) is 0 Å². The average molecular weight is 358 g/mol. The van der Waals surface area contributed by atoms with Gasteiger partial charge < -0.3 is 11.1 Å². The van der Waals surface area contributed by atoms with E-state index in [0.29, 0.717) is 5.84 Å². The number of unbranched alkanes of at least 4 members (excludes halogenated alkanes) is 1. The maximum absolute atomic E-state index is 11.0. The Labute approximate surface area is 128 Å². The van der Waals surface area contributed by atoms with Crippen molar-refractivity contribution in [2.75, 3.05) is 6.54 Å². The van der Waals surface area contributed by atoms with Crippen molar-refractivity contribution >= 4 is 38.8 Å². The molecule has 0 saturated carbocycles. The lowest BCUT2D eigenvalue weighted by molar-refractivity contribution is 0.685. The number of amidine groups is 2. The van der Waals surface area contributed by atoms with Crippen LogP contribution in [0.15, 0.2) is 25.5 Å². The first-order valence-corrected chi connectivity index (χ1v) is 8.12. The van der Waals surface area contributed by atoms with E-state index in [9.17, 15) is 4.21 Å². The normalized spacial score (nSPS) is 17.8. The van der Waals surface area contributed by atoms with E-state index in [1.807, 2.05) is 6.20 Å². The Morgan fingerprint density at radius 1 is 1.40 bits per heavy atom. The second kappa shape index (κ2) is 6.94. The highest BCUT2D eigenvalue weighted by molar-refractivity contribution is 9.10. The number of aryl methyl sites for hydroxylation is 2. The molecule has 0 spiro atoms. The smallest absolute Gasteiger partial charge is 0.269 e. The number of halogens is 1. The highest BCUT2D eigenvalue weighted by atomic mass is 79.9. The SMILES string of the molecule is Cc1cc(Br)cnc1CCCCNC1=NS(=O)N=C1N. The maximum Gasteiger partial charge on any atom is 0.269 e. The van der Waals surface area contributed by atoms with Crippen molar-refractivity contribution < 1.29 is 4.21 Å². The van der Waals surface area contributed by atoms with Crippen molar-refractivity contribution in [1.82, 2.24) is 10.3 Å². The molecule has 2 heterocycles. The average Bonchev–Trinajstić information content (AvgIpc) is 2.70. The van der Waals surface area contributed by atoms with Crippen LogP contribution in [0.1, 0.15) is 24.1 Å². The fraction of sp³-hybridized carbons (Fsp3) is 0.417. The minimum atomic E-state index is -1.55. The first kappa shape index (κ1) is 15.1. The summed E-state index contributed by atoms with van der Waals surface area (Å²) in [5.41, 5.74) is 7.87. The van der Waals surface area contributed by atoms with Gasteiger partial charge in [0.25, 0.3) is 11.2 Å². The summed E-state index contributed by atoms with van der Waals surface area (Å²) in [7, 11) is 0. The molecule has 3 N–H and O–H groups in total. The largest absolute Gasteiger partial charge is 0.380 e. The Hall–Kier alpha value is -1.28. The van der Waals surface area contributed by atoms with Crippen LogP contribution in [-0.2, 0) is 17.6 Å². The third-order valence-corrected chi connectivity index (χ3v) is 4.00. The fourth-order valence-corrected chi connectivity index (χ4v) is 2.91. The Bertz CT molecular complexity index is 587. The van der Waals surface area contributed by atoms with Gasteiger partial charge >= 0.3 is 0 Å². The number of nitrogens with zero attached hydrogens (tertiary/aromatic N) is 3. The maximum atomic E-state index is 11.0. The zero-order chi connectivity index (χ0) is 14.5. The Kier molecular flexibility index (Phi) is 5.24. The third kappa shape index (κ3) is 4.11. The molecule has 1 aromatic rings. The molecule has 0 radical (unpaired) electrons. The lowest BCUT2D eigenvalue weighted by atomic mass is 10.1. The molecule has 108 valence electrons. The van der Waals surface area contributed by atoms with Gasteiger partial charge in [-0.3, -0.25) is 4.98 Å². The van der Waals surface area contributed by atoms with E-state index in [-0.39, 0.29) is 5.84 Å². The molecule has 0 bridgehead atoms. The molecular weight excluding hydrogens is 342 g/mol. The van der Waals surface area contributed by atoms with E-state index >= 15 is 0 Å². The first-order valence-electron chi connectivity index (χ1n) is 6.26. The Balaban J connectivity index is 1.71. The van der Waals surface area contributed by atoms with Crippen LogP contribution >= 0.6 is 15.9 Å². The summed E-state index contributed by atoms with van der Waals surface area (Å²) in [6.45, 7) is 2.78. The van der Waals surface area contributed by atoms with Gasteiger partial charge in [-0.15, -0.1) is 8.80 Å². The Morgan fingerprint density at radius 3 is 2.85 bits per heavy atom. The molecule has 1 aliphatic rings. The molecule has 1 aliphatic heterocycles. The topological polar surface area (TPSA) is 92.7 Å². The molecule has 2 rings (SSSR count). The van der Waals surface area contributed by atoms with Crippen LogP contribution < -0.4 is 11.1 Å². The van der Waals surface area contributed by atoms with E-state index in [2.05, 4.69) is 48.0 Å². The quantitative estimate of drug-likeness (QED) is 0.779. The van der Waals surface area contributed by atoms with E-state index < -0.39 is 11.2 Å². The van der Waals surface area contributed by atoms with E-state index in [1.54, 1.807) is 0 Å². The number of hydrogen-bond acceptors (Lipinski definition) is 4. The van der Waals surface area contributed by atoms with Crippen LogP contribution in [0, 0.1) is 6.92 Å². The monoisotopic (exact) mass is 357 g/mol. The molecule has 0 saturated heterocycles. The van der Waals surface area contributed by atoms with Crippen LogP contribution in [-0.4, -0.2) is 27.4 Å². The predicted octanol–water partition coefficient (Wildman–Crippen LogP) is 1.41. The molecule has 0 amide bonds. The predicted molar refractivity (Wildman–Crippen MR) is 84.8 cm³/mol. The molecular formula is C12H16BrN5OS. The summed E-state index contributed by atoms with van der Waals surface area (Å²) in [6, 6.07) is 2.07. The number of aromatic nitrogens is 1. The van der Waals surface area contributed by atoms with Crippen molar-refractivity contribution in [2.45, 2.75) is 26.2 Å². The molecule has 1 atom stereocenters. The van der Waals surface area contributed by atoms with Crippen molar-refractivity contribution in [1.29, 1.82) is 0 Å². The molecule has 20 heavy (non-hydrogen) atoms. The van der Waals surface area contributed by atoms with E-state index in [4.69, 9.17) is 5.73 Å². The van der Waals surface area contributed by atoms with Crippen LogP contribution in [0.5, 0.6) is 0 Å². The minimum Gasteiger partial charge on any atom is -0.380 e. The van der Waals surface area contributed by atoms with Crippen LogP contribution in [0.2, 0.25) is 0 Å². The van der Waals surface area contributed by atoms with Gasteiger partial charge in [-0.2, -0.15) is 0 Å².